The van der Waals surface area contributed by atoms with Crippen molar-refractivity contribution in [1.29, 1.82) is 0 Å². The Morgan fingerprint density at radius 2 is 2.07 bits per heavy atom. The Morgan fingerprint density at radius 1 is 1.29 bits per heavy atom. The lowest BCUT2D eigenvalue weighted by molar-refractivity contribution is 0.183. The molecule has 1 saturated heterocycles. The van der Waals surface area contributed by atoms with Crippen molar-refractivity contribution in [2.24, 2.45) is 0 Å². The van der Waals surface area contributed by atoms with Crippen LogP contribution in [-0.4, -0.2) is 24.0 Å². The largest absolute Gasteiger partial charge is 0.338 e. The van der Waals surface area contributed by atoms with E-state index in [4.69, 9.17) is 0 Å². The van der Waals surface area contributed by atoms with Crippen molar-refractivity contribution in [3.63, 3.8) is 0 Å². The van der Waals surface area contributed by atoms with Gasteiger partial charge in [0.2, 0.25) is 0 Å². The van der Waals surface area contributed by atoms with Crippen LogP contribution in [0.5, 0.6) is 0 Å². The normalized spacial score (nSPS) is 16.6. The van der Waals surface area contributed by atoms with Gasteiger partial charge in [-0.1, -0.05) is 30.3 Å². The van der Waals surface area contributed by atoms with Gasteiger partial charge in [0.15, 0.2) is 0 Å². The average Bonchev–Trinajstić information content (AvgIpc) is 2.23. The van der Waals surface area contributed by atoms with E-state index in [1.165, 1.54) is 5.56 Å². The summed E-state index contributed by atoms with van der Waals surface area (Å²) in [6, 6.07) is 10.1. The third-order valence-electron chi connectivity index (χ3n) is 2.38. The van der Waals surface area contributed by atoms with Crippen LogP contribution in [0.15, 0.2) is 30.3 Å². The molecule has 2 rings (SSSR count). The highest BCUT2D eigenvalue weighted by atomic mass is 16.2. The number of hydrogen-bond donors (Lipinski definition) is 1. The fourth-order valence-electron chi connectivity index (χ4n) is 1.63. The van der Waals surface area contributed by atoms with E-state index in [1.54, 1.807) is 0 Å². The first-order chi connectivity index (χ1) is 6.86. The zero-order chi connectivity index (χ0) is 9.80. The molecule has 3 nitrogen and oxygen atoms in total. The second kappa shape index (κ2) is 4.13. The van der Waals surface area contributed by atoms with E-state index in [2.05, 4.69) is 5.32 Å². The number of nitrogens with one attached hydrogen (secondary N) is 1. The second-order valence-corrected chi connectivity index (χ2v) is 3.49. The van der Waals surface area contributed by atoms with Crippen molar-refractivity contribution < 1.29 is 4.79 Å². The van der Waals surface area contributed by atoms with Gasteiger partial charge in [-0.3, -0.25) is 0 Å². The van der Waals surface area contributed by atoms with Gasteiger partial charge >= 0.3 is 6.03 Å². The quantitative estimate of drug-likeness (QED) is 0.754. The lowest BCUT2D eigenvalue weighted by atomic mass is 10.2. The molecule has 0 bridgehead atoms. The molecule has 0 saturated carbocycles. The number of urea groups is 1. The van der Waals surface area contributed by atoms with E-state index in [-0.39, 0.29) is 6.03 Å². The van der Waals surface area contributed by atoms with Crippen molar-refractivity contribution in [2.45, 2.75) is 13.0 Å². The third-order valence-corrected chi connectivity index (χ3v) is 2.38. The average molecular weight is 190 g/mol. The number of carbonyl (C=O) groups excluding carboxylic acids is 1. The van der Waals surface area contributed by atoms with Crippen molar-refractivity contribution in [3.8, 4) is 0 Å². The van der Waals surface area contributed by atoms with E-state index >= 15 is 0 Å². The minimum Gasteiger partial charge on any atom is -0.338 e. The smallest absolute Gasteiger partial charge is 0.317 e. The van der Waals surface area contributed by atoms with Crippen LogP contribution in [0.1, 0.15) is 12.0 Å². The molecule has 1 heterocycles. The van der Waals surface area contributed by atoms with Gasteiger partial charge in [0, 0.05) is 19.6 Å². The fraction of sp³-hybridized carbons (Fsp3) is 0.364. The molecule has 1 aromatic rings. The summed E-state index contributed by atoms with van der Waals surface area (Å²) in [5, 5.41) is 2.84. The van der Waals surface area contributed by atoms with Crippen LogP contribution in [0.3, 0.4) is 0 Å². The molecule has 1 N–H and O–H groups in total. The predicted octanol–water partition coefficient (Wildman–Crippen LogP) is 1.60. The van der Waals surface area contributed by atoms with Gasteiger partial charge < -0.3 is 10.2 Å². The topological polar surface area (TPSA) is 32.3 Å². The van der Waals surface area contributed by atoms with Crippen LogP contribution in [0.2, 0.25) is 0 Å². The van der Waals surface area contributed by atoms with Gasteiger partial charge in [0.25, 0.3) is 0 Å². The maximum Gasteiger partial charge on any atom is 0.317 e. The van der Waals surface area contributed by atoms with E-state index in [0.29, 0.717) is 6.54 Å². The third kappa shape index (κ3) is 2.05. The molecule has 0 aliphatic carbocycles. The minimum atomic E-state index is 0.0557. The molecule has 2 amide bonds. The number of hydrogen-bond acceptors (Lipinski definition) is 1. The van der Waals surface area contributed by atoms with Crippen LogP contribution in [0.25, 0.3) is 0 Å². The number of rotatable bonds is 2. The first-order valence-corrected chi connectivity index (χ1v) is 4.93. The zero-order valence-corrected chi connectivity index (χ0v) is 8.07. The summed E-state index contributed by atoms with van der Waals surface area (Å²) in [5.74, 6) is 0. The standard InChI is InChI=1S/C11H14N2O/c14-11-12-7-4-8-13(11)9-10-5-2-1-3-6-10/h1-3,5-6H,4,7-9H2,(H,12,14). The fourth-order valence-corrected chi connectivity index (χ4v) is 1.63. The highest BCUT2D eigenvalue weighted by Gasteiger charge is 2.16. The van der Waals surface area contributed by atoms with Crippen molar-refractivity contribution in [3.05, 3.63) is 35.9 Å². The highest BCUT2D eigenvalue weighted by molar-refractivity contribution is 5.74. The molecule has 0 aromatic heterocycles. The van der Waals surface area contributed by atoms with Crippen LogP contribution in [0.4, 0.5) is 4.79 Å². The van der Waals surface area contributed by atoms with Gasteiger partial charge in [-0.15, -0.1) is 0 Å². The Labute approximate surface area is 83.7 Å². The predicted molar refractivity (Wildman–Crippen MR) is 54.9 cm³/mol. The van der Waals surface area contributed by atoms with Gasteiger partial charge in [-0.05, 0) is 12.0 Å². The van der Waals surface area contributed by atoms with Gasteiger partial charge in [0.1, 0.15) is 0 Å². The zero-order valence-electron chi connectivity index (χ0n) is 8.07. The summed E-state index contributed by atoms with van der Waals surface area (Å²) in [4.78, 5) is 13.3. The summed E-state index contributed by atoms with van der Waals surface area (Å²) in [6.45, 7) is 2.39. The van der Waals surface area contributed by atoms with Gasteiger partial charge in [-0.2, -0.15) is 0 Å². The summed E-state index contributed by atoms with van der Waals surface area (Å²) < 4.78 is 0. The molecular formula is C11H14N2O. The Bertz CT molecular complexity index is 310. The molecule has 1 fully saturated rings. The van der Waals surface area contributed by atoms with Crippen molar-refractivity contribution in [2.75, 3.05) is 13.1 Å². The Morgan fingerprint density at radius 3 is 2.79 bits per heavy atom. The molecule has 3 heteroatoms. The summed E-state index contributed by atoms with van der Waals surface area (Å²) in [6.07, 6.45) is 1.04. The van der Waals surface area contributed by atoms with Gasteiger partial charge in [0.05, 0.1) is 0 Å². The Kier molecular flexibility index (Phi) is 2.68. The first kappa shape index (κ1) is 9.06. The monoisotopic (exact) mass is 190 g/mol. The summed E-state index contributed by atoms with van der Waals surface area (Å²) in [5.41, 5.74) is 1.18. The molecule has 0 spiro atoms. The van der Waals surface area contributed by atoms with Crippen LogP contribution in [-0.2, 0) is 6.54 Å². The highest BCUT2D eigenvalue weighted by Crippen LogP contribution is 2.07. The molecule has 74 valence electrons. The SMILES string of the molecule is O=C1NCCCN1Cc1ccccc1. The Balaban J connectivity index is 2.00. The van der Waals surface area contributed by atoms with E-state index in [0.717, 1.165) is 19.5 Å². The van der Waals surface area contributed by atoms with E-state index in [1.807, 2.05) is 35.2 Å². The molecule has 0 atom stereocenters. The maximum atomic E-state index is 11.4. The number of benzene rings is 1. The molecule has 0 radical (unpaired) electrons. The number of carbonyl (C=O) groups is 1. The maximum absolute atomic E-state index is 11.4. The molecule has 1 aliphatic rings. The molecular weight excluding hydrogens is 176 g/mol. The van der Waals surface area contributed by atoms with Crippen LogP contribution >= 0.6 is 0 Å². The van der Waals surface area contributed by atoms with Crippen LogP contribution in [0, 0.1) is 0 Å². The molecule has 14 heavy (non-hydrogen) atoms. The van der Waals surface area contributed by atoms with Crippen molar-refractivity contribution >= 4 is 6.03 Å². The molecule has 1 aliphatic heterocycles. The van der Waals surface area contributed by atoms with Gasteiger partial charge in [-0.25, -0.2) is 4.79 Å². The summed E-state index contributed by atoms with van der Waals surface area (Å²) >= 11 is 0. The van der Waals surface area contributed by atoms with E-state index < -0.39 is 0 Å². The number of nitrogens with zero attached hydrogens (tertiary/aromatic N) is 1. The second-order valence-electron chi connectivity index (χ2n) is 3.49. The molecule has 0 unspecified atom stereocenters. The number of amides is 2. The minimum absolute atomic E-state index is 0.0557. The Hall–Kier alpha value is -1.51. The lowest BCUT2D eigenvalue weighted by Crippen LogP contribution is -2.45. The molecule has 1 aromatic carbocycles. The lowest BCUT2D eigenvalue weighted by Gasteiger charge is -2.27. The van der Waals surface area contributed by atoms with Crippen molar-refractivity contribution in [1.82, 2.24) is 10.2 Å². The first-order valence-electron chi connectivity index (χ1n) is 4.93. The summed E-state index contributed by atoms with van der Waals surface area (Å²) in [7, 11) is 0. The van der Waals surface area contributed by atoms with Crippen LogP contribution < -0.4 is 5.32 Å². The van der Waals surface area contributed by atoms with E-state index in [9.17, 15) is 4.79 Å².